The van der Waals surface area contributed by atoms with E-state index in [1.165, 1.54) is 17.4 Å². The third kappa shape index (κ3) is 3.83. The SMILES string of the molecule is O=C(Cc1cccs1)Nc1cc(C(F)(F)F)ccc1Br. The Kier molecular flexibility index (Phi) is 4.49. The molecular weight excluding hydrogens is 355 g/mol. The van der Waals surface area contributed by atoms with Crippen LogP contribution in [0.5, 0.6) is 0 Å². The highest BCUT2D eigenvalue weighted by atomic mass is 79.9. The normalized spacial score (nSPS) is 11.4. The zero-order valence-corrected chi connectivity index (χ0v) is 12.4. The number of rotatable bonds is 3. The van der Waals surface area contributed by atoms with Crippen LogP contribution in [-0.4, -0.2) is 5.91 Å². The molecule has 2 rings (SSSR count). The van der Waals surface area contributed by atoms with Crippen molar-refractivity contribution in [3.05, 3.63) is 50.6 Å². The van der Waals surface area contributed by atoms with E-state index in [4.69, 9.17) is 0 Å². The summed E-state index contributed by atoms with van der Waals surface area (Å²) in [6.45, 7) is 0. The second-order valence-corrected chi connectivity index (χ2v) is 5.88. The minimum atomic E-state index is -4.44. The number of hydrogen-bond donors (Lipinski definition) is 1. The summed E-state index contributed by atoms with van der Waals surface area (Å²) in [6, 6.07) is 6.75. The average Bonchev–Trinajstić information content (AvgIpc) is 2.83. The molecule has 7 heteroatoms. The van der Waals surface area contributed by atoms with Crippen LogP contribution in [0.3, 0.4) is 0 Å². The van der Waals surface area contributed by atoms with Crippen LogP contribution in [0.25, 0.3) is 0 Å². The zero-order chi connectivity index (χ0) is 14.8. The van der Waals surface area contributed by atoms with Crippen molar-refractivity contribution in [3.8, 4) is 0 Å². The first-order valence-electron chi connectivity index (χ1n) is 5.55. The van der Waals surface area contributed by atoms with Gasteiger partial charge in [0.15, 0.2) is 0 Å². The molecule has 0 aliphatic carbocycles. The topological polar surface area (TPSA) is 29.1 Å². The molecule has 1 aromatic heterocycles. The van der Waals surface area contributed by atoms with E-state index in [-0.39, 0.29) is 18.0 Å². The first-order valence-corrected chi connectivity index (χ1v) is 7.22. The molecule has 0 saturated heterocycles. The Morgan fingerprint density at radius 1 is 1.30 bits per heavy atom. The van der Waals surface area contributed by atoms with Gasteiger partial charge in [0.25, 0.3) is 0 Å². The second kappa shape index (κ2) is 5.97. The monoisotopic (exact) mass is 363 g/mol. The fourth-order valence-electron chi connectivity index (χ4n) is 1.56. The maximum absolute atomic E-state index is 12.6. The van der Waals surface area contributed by atoms with Gasteiger partial charge in [0.1, 0.15) is 0 Å². The molecule has 2 nitrogen and oxygen atoms in total. The van der Waals surface area contributed by atoms with E-state index in [2.05, 4.69) is 21.2 Å². The first kappa shape index (κ1) is 15.1. The lowest BCUT2D eigenvalue weighted by atomic mass is 10.2. The van der Waals surface area contributed by atoms with Crippen molar-refractivity contribution in [2.45, 2.75) is 12.6 Å². The third-order valence-electron chi connectivity index (χ3n) is 2.48. The van der Waals surface area contributed by atoms with Gasteiger partial charge < -0.3 is 5.32 Å². The summed E-state index contributed by atoms with van der Waals surface area (Å²) >= 11 is 4.55. The Bertz CT molecular complexity index is 611. The molecule has 0 atom stereocenters. The Morgan fingerprint density at radius 2 is 2.05 bits per heavy atom. The van der Waals surface area contributed by atoms with Gasteiger partial charge in [-0.2, -0.15) is 13.2 Å². The van der Waals surface area contributed by atoms with Crippen molar-refractivity contribution < 1.29 is 18.0 Å². The van der Waals surface area contributed by atoms with Gasteiger partial charge in [-0.1, -0.05) is 6.07 Å². The number of thiophene rings is 1. The number of carbonyl (C=O) groups excluding carboxylic acids is 1. The predicted octanol–water partition coefficient (Wildman–Crippen LogP) is 4.71. The lowest BCUT2D eigenvalue weighted by Gasteiger charge is -2.11. The van der Waals surface area contributed by atoms with Crippen LogP contribution in [0.15, 0.2) is 40.2 Å². The molecule has 0 aliphatic rings. The number of nitrogens with one attached hydrogen (secondary N) is 1. The maximum Gasteiger partial charge on any atom is 0.416 e. The Labute approximate surface area is 125 Å². The fourth-order valence-corrected chi connectivity index (χ4v) is 2.61. The minimum Gasteiger partial charge on any atom is -0.325 e. The molecule has 0 unspecified atom stereocenters. The van der Waals surface area contributed by atoms with E-state index in [1.54, 1.807) is 6.07 Å². The third-order valence-corrected chi connectivity index (χ3v) is 4.05. The summed E-state index contributed by atoms with van der Waals surface area (Å²) in [7, 11) is 0. The van der Waals surface area contributed by atoms with Crippen LogP contribution in [-0.2, 0) is 17.4 Å². The largest absolute Gasteiger partial charge is 0.416 e. The van der Waals surface area contributed by atoms with Crippen LogP contribution in [0.2, 0.25) is 0 Å². The van der Waals surface area contributed by atoms with Gasteiger partial charge >= 0.3 is 6.18 Å². The van der Waals surface area contributed by atoms with Crippen molar-refractivity contribution in [2.75, 3.05) is 5.32 Å². The van der Waals surface area contributed by atoms with Crippen molar-refractivity contribution in [1.82, 2.24) is 0 Å². The molecule has 1 N–H and O–H groups in total. The van der Waals surface area contributed by atoms with E-state index < -0.39 is 11.7 Å². The molecule has 0 radical (unpaired) electrons. The Morgan fingerprint density at radius 3 is 2.65 bits per heavy atom. The second-order valence-electron chi connectivity index (χ2n) is 4.00. The quantitative estimate of drug-likeness (QED) is 0.840. The summed E-state index contributed by atoms with van der Waals surface area (Å²) in [6.07, 6.45) is -4.30. The summed E-state index contributed by atoms with van der Waals surface area (Å²) in [5, 5.41) is 4.32. The number of carbonyl (C=O) groups is 1. The van der Waals surface area contributed by atoms with E-state index in [9.17, 15) is 18.0 Å². The van der Waals surface area contributed by atoms with E-state index >= 15 is 0 Å². The van der Waals surface area contributed by atoms with Crippen molar-refractivity contribution in [2.24, 2.45) is 0 Å². The highest BCUT2D eigenvalue weighted by Crippen LogP contribution is 2.34. The van der Waals surface area contributed by atoms with Gasteiger partial charge in [0.05, 0.1) is 17.7 Å². The maximum atomic E-state index is 12.6. The Balaban J connectivity index is 2.14. The summed E-state index contributed by atoms with van der Waals surface area (Å²) in [5.41, 5.74) is -0.687. The minimum absolute atomic E-state index is 0.112. The van der Waals surface area contributed by atoms with E-state index in [1.807, 2.05) is 11.4 Å². The van der Waals surface area contributed by atoms with Crippen LogP contribution < -0.4 is 5.32 Å². The predicted molar refractivity (Wildman–Crippen MR) is 75.8 cm³/mol. The van der Waals surface area contributed by atoms with Crippen molar-refractivity contribution in [1.29, 1.82) is 0 Å². The van der Waals surface area contributed by atoms with E-state index in [0.717, 1.165) is 17.0 Å². The summed E-state index contributed by atoms with van der Waals surface area (Å²) < 4.78 is 38.3. The number of alkyl halides is 3. The van der Waals surface area contributed by atoms with Crippen LogP contribution in [0, 0.1) is 0 Å². The summed E-state index contributed by atoms with van der Waals surface area (Å²) in [4.78, 5) is 12.6. The number of anilines is 1. The highest BCUT2D eigenvalue weighted by molar-refractivity contribution is 9.10. The molecule has 1 amide bonds. The van der Waals surface area contributed by atoms with Gasteiger partial charge in [-0.15, -0.1) is 11.3 Å². The molecule has 106 valence electrons. The van der Waals surface area contributed by atoms with Crippen LogP contribution in [0.1, 0.15) is 10.4 Å². The molecule has 0 saturated carbocycles. The first-order chi connectivity index (χ1) is 9.36. The lowest BCUT2D eigenvalue weighted by molar-refractivity contribution is -0.137. The summed E-state index contributed by atoms with van der Waals surface area (Å²) in [5.74, 6) is -0.354. The number of halogens is 4. The Hall–Kier alpha value is -1.34. The molecular formula is C13H9BrF3NOS. The molecule has 0 spiro atoms. The van der Waals surface area contributed by atoms with Gasteiger partial charge in [-0.25, -0.2) is 0 Å². The molecule has 0 bridgehead atoms. The molecule has 1 aromatic carbocycles. The smallest absolute Gasteiger partial charge is 0.325 e. The van der Waals surface area contributed by atoms with Crippen molar-refractivity contribution in [3.63, 3.8) is 0 Å². The van der Waals surface area contributed by atoms with Gasteiger partial charge in [-0.3, -0.25) is 4.79 Å². The highest BCUT2D eigenvalue weighted by Gasteiger charge is 2.31. The standard InChI is InChI=1S/C13H9BrF3NOS/c14-10-4-3-8(13(15,16)17)6-11(10)18-12(19)7-9-2-1-5-20-9/h1-6H,7H2,(H,18,19). The van der Waals surface area contributed by atoms with E-state index in [0.29, 0.717) is 4.47 Å². The number of amides is 1. The average molecular weight is 364 g/mol. The van der Waals surface area contributed by atoms with Gasteiger partial charge in [0, 0.05) is 9.35 Å². The lowest BCUT2D eigenvalue weighted by Crippen LogP contribution is -2.15. The zero-order valence-electron chi connectivity index (χ0n) is 10.00. The van der Waals surface area contributed by atoms with Crippen molar-refractivity contribution >= 4 is 38.9 Å². The fraction of sp³-hybridized carbons (Fsp3) is 0.154. The number of hydrogen-bond acceptors (Lipinski definition) is 2. The van der Waals surface area contributed by atoms with Gasteiger partial charge in [0.2, 0.25) is 5.91 Å². The number of benzene rings is 1. The molecule has 0 aliphatic heterocycles. The molecule has 0 fully saturated rings. The molecule has 20 heavy (non-hydrogen) atoms. The van der Waals surface area contributed by atoms with Gasteiger partial charge in [-0.05, 0) is 45.6 Å². The molecule has 1 heterocycles. The molecule has 2 aromatic rings. The van der Waals surface area contributed by atoms with Crippen LogP contribution >= 0.6 is 27.3 Å². The van der Waals surface area contributed by atoms with Crippen LogP contribution in [0.4, 0.5) is 18.9 Å².